The Kier molecular flexibility index (Phi) is 5.36. The lowest BCUT2D eigenvalue weighted by Crippen LogP contribution is -2.26. The number of aliphatic hydroxyl groups is 2. The Hall–Kier alpha value is -0.860. The van der Waals surface area contributed by atoms with Crippen LogP contribution in [0.25, 0.3) is 0 Å². The van der Waals surface area contributed by atoms with Gasteiger partial charge in [-0.3, -0.25) is 0 Å². The molecule has 0 amide bonds. The van der Waals surface area contributed by atoms with E-state index in [-0.39, 0.29) is 5.92 Å². The van der Waals surface area contributed by atoms with Gasteiger partial charge in [0.05, 0.1) is 12.2 Å². The van der Waals surface area contributed by atoms with Crippen LogP contribution in [0.5, 0.6) is 0 Å². The van der Waals surface area contributed by atoms with Gasteiger partial charge in [-0.1, -0.05) is 31.5 Å². The van der Waals surface area contributed by atoms with Crippen molar-refractivity contribution in [2.24, 2.45) is 0 Å². The van der Waals surface area contributed by atoms with Crippen LogP contribution < -0.4 is 0 Å². The lowest BCUT2D eigenvalue weighted by atomic mass is 9.86. The molecule has 0 fully saturated rings. The zero-order valence-corrected chi connectivity index (χ0v) is 12.2. The SMILES string of the molecule is CCC(O)C(O)CC(C)c1c(C)cc(C)cc1C. The van der Waals surface area contributed by atoms with Crippen molar-refractivity contribution < 1.29 is 10.2 Å². The lowest BCUT2D eigenvalue weighted by molar-refractivity contribution is 0.00948. The van der Waals surface area contributed by atoms with Crippen molar-refractivity contribution in [2.75, 3.05) is 0 Å². The normalized spacial score (nSPS) is 16.4. The summed E-state index contributed by atoms with van der Waals surface area (Å²) in [6.45, 7) is 10.4. The Morgan fingerprint density at radius 2 is 1.50 bits per heavy atom. The molecule has 0 bridgehead atoms. The highest BCUT2D eigenvalue weighted by atomic mass is 16.3. The van der Waals surface area contributed by atoms with E-state index in [1.807, 2.05) is 6.92 Å². The highest BCUT2D eigenvalue weighted by Gasteiger charge is 2.20. The molecule has 0 aliphatic heterocycles. The third-order valence-electron chi connectivity index (χ3n) is 3.69. The standard InChI is InChI=1S/C16H26O2/c1-6-14(17)15(18)9-13(5)16-11(3)7-10(2)8-12(16)4/h7-8,13-15,17-18H,6,9H2,1-5H3. The number of hydrogen-bond donors (Lipinski definition) is 2. The molecule has 0 saturated heterocycles. The summed E-state index contributed by atoms with van der Waals surface area (Å²) < 4.78 is 0. The Morgan fingerprint density at radius 1 is 1.00 bits per heavy atom. The first-order valence-electron chi connectivity index (χ1n) is 6.80. The second-order valence-corrected chi connectivity index (χ2v) is 5.49. The molecule has 0 aliphatic carbocycles. The third-order valence-corrected chi connectivity index (χ3v) is 3.69. The molecule has 2 heteroatoms. The Bertz CT molecular complexity index is 375. The number of benzene rings is 1. The molecule has 0 heterocycles. The Balaban J connectivity index is 2.88. The van der Waals surface area contributed by atoms with Gasteiger partial charge in [-0.2, -0.15) is 0 Å². The maximum Gasteiger partial charge on any atom is 0.0804 e. The molecule has 0 saturated carbocycles. The predicted octanol–water partition coefficient (Wildman–Crippen LogP) is 3.24. The van der Waals surface area contributed by atoms with Crippen molar-refractivity contribution in [3.8, 4) is 0 Å². The summed E-state index contributed by atoms with van der Waals surface area (Å²) in [5.74, 6) is 0.266. The van der Waals surface area contributed by atoms with Gasteiger partial charge in [0.15, 0.2) is 0 Å². The van der Waals surface area contributed by atoms with Crippen molar-refractivity contribution in [3.63, 3.8) is 0 Å². The summed E-state index contributed by atoms with van der Waals surface area (Å²) in [6, 6.07) is 4.36. The zero-order chi connectivity index (χ0) is 13.9. The van der Waals surface area contributed by atoms with Gasteiger partial charge in [0, 0.05) is 0 Å². The minimum atomic E-state index is -0.634. The number of aliphatic hydroxyl groups excluding tert-OH is 2. The van der Waals surface area contributed by atoms with Gasteiger partial charge in [0.1, 0.15) is 0 Å². The first-order chi connectivity index (χ1) is 8.36. The average molecular weight is 250 g/mol. The molecule has 0 spiro atoms. The fraction of sp³-hybridized carbons (Fsp3) is 0.625. The van der Waals surface area contributed by atoms with Crippen LogP contribution in [0.1, 0.15) is 54.9 Å². The van der Waals surface area contributed by atoms with Gasteiger partial charge < -0.3 is 10.2 Å². The van der Waals surface area contributed by atoms with Crippen LogP contribution in [0.15, 0.2) is 12.1 Å². The maximum absolute atomic E-state index is 9.94. The largest absolute Gasteiger partial charge is 0.390 e. The van der Waals surface area contributed by atoms with Gasteiger partial charge in [0.25, 0.3) is 0 Å². The summed E-state index contributed by atoms with van der Waals surface area (Å²) in [5.41, 5.74) is 5.13. The first-order valence-corrected chi connectivity index (χ1v) is 6.80. The number of aryl methyl sites for hydroxylation is 3. The molecular weight excluding hydrogens is 224 g/mol. The molecule has 18 heavy (non-hydrogen) atoms. The molecule has 3 unspecified atom stereocenters. The summed E-state index contributed by atoms with van der Waals surface area (Å²) in [5, 5.41) is 19.6. The minimum absolute atomic E-state index is 0.266. The van der Waals surface area contributed by atoms with Crippen molar-refractivity contribution in [1.29, 1.82) is 0 Å². The molecule has 102 valence electrons. The first kappa shape index (κ1) is 15.2. The number of rotatable bonds is 5. The van der Waals surface area contributed by atoms with Crippen LogP contribution in [0.2, 0.25) is 0 Å². The van der Waals surface area contributed by atoms with Crippen LogP contribution in [0, 0.1) is 20.8 Å². The molecule has 3 atom stereocenters. The Morgan fingerprint density at radius 3 is 1.94 bits per heavy atom. The Labute approximate surface area is 111 Å². The maximum atomic E-state index is 9.94. The predicted molar refractivity (Wildman–Crippen MR) is 76.0 cm³/mol. The van der Waals surface area contributed by atoms with E-state index >= 15 is 0 Å². The molecule has 0 radical (unpaired) electrons. The van der Waals surface area contributed by atoms with Crippen LogP contribution in [-0.2, 0) is 0 Å². The second kappa shape index (κ2) is 6.35. The van der Waals surface area contributed by atoms with E-state index in [1.54, 1.807) is 0 Å². The van der Waals surface area contributed by atoms with Crippen LogP contribution in [0.3, 0.4) is 0 Å². The fourth-order valence-electron chi connectivity index (χ4n) is 2.88. The molecule has 0 aromatic heterocycles. The van der Waals surface area contributed by atoms with Crippen molar-refractivity contribution in [2.45, 2.75) is 65.6 Å². The smallest absolute Gasteiger partial charge is 0.0804 e. The van der Waals surface area contributed by atoms with Crippen LogP contribution >= 0.6 is 0 Å². The molecule has 1 rings (SSSR count). The summed E-state index contributed by atoms with van der Waals surface area (Å²) >= 11 is 0. The van der Waals surface area contributed by atoms with E-state index in [9.17, 15) is 10.2 Å². The van der Waals surface area contributed by atoms with Crippen LogP contribution in [0.4, 0.5) is 0 Å². The fourth-order valence-corrected chi connectivity index (χ4v) is 2.88. The highest BCUT2D eigenvalue weighted by molar-refractivity contribution is 5.39. The van der Waals surface area contributed by atoms with Gasteiger partial charge in [-0.05, 0) is 56.2 Å². The lowest BCUT2D eigenvalue weighted by Gasteiger charge is -2.23. The molecule has 2 nitrogen and oxygen atoms in total. The molecule has 2 N–H and O–H groups in total. The summed E-state index contributed by atoms with van der Waals surface area (Å²) in [7, 11) is 0. The monoisotopic (exact) mass is 250 g/mol. The summed E-state index contributed by atoms with van der Waals surface area (Å²) in [6.07, 6.45) is -0.0388. The van der Waals surface area contributed by atoms with Crippen molar-refractivity contribution >= 4 is 0 Å². The van der Waals surface area contributed by atoms with Gasteiger partial charge in [0.2, 0.25) is 0 Å². The highest BCUT2D eigenvalue weighted by Crippen LogP contribution is 2.29. The average Bonchev–Trinajstić information content (AvgIpc) is 2.26. The third kappa shape index (κ3) is 3.56. The molecule has 1 aromatic rings. The van der Waals surface area contributed by atoms with Gasteiger partial charge in [-0.15, -0.1) is 0 Å². The van der Waals surface area contributed by atoms with Gasteiger partial charge >= 0.3 is 0 Å². The minimum Gasteiger partial charge on any atom is -0.390 e. The molecule has 1 aromatic carbocycles. The van der Waals surface area contributed by atoms with Crippen LogP contribution in [-0.4, -0.2) is 22.4 Å². The van der Waals surface area contributed by atoms with Crippen molar-refractivity contribution in [1.82, 2.24) is 0 Å². The topological polar surface area (TPSA) is 40.5 Å². The zero-order valence-electron chi connectivity index (χ0n) is 12.2. The summed E-state index contributed by atoms with van der Waals surface area (Å²) in [4.78, 5) is 0. The molecule has 0 aliphatic rings. The van der Waals surface area contributed by atoms with E-state index in [4.69, 9.17) is 0 Å². The van der Waals surface area contributed by atoms with Crippen molar-refractivity contribution in [3.05, 3.63) is 34.4 Å². The van der Waals surface area contributed by atoms with Gasteiger partial charge in [-0.25, -0.2) is 0 Å². The molecular formula is C16H26O2. The second-order valence-electron chi connectivity index (χ2n) is 5.49. The van der Waals surface area contributed by atoms with E-state index in [2.05, 4.69) is 39.8 Å². The van der Waals surface area contributed by atoms with E-state index in [1.165, 1.54) is 22.3 Å². The van der Waals surface area contributed by atoms with E-state index in [0.717, 1.165) is 0 Å². The van der Waals surface area contributed by atoms with E-state index < -0.39 is 12.2 Å². The van der Waals surface area contributed by atoms with E-state index in [0.29, 0.717) is 12.8 Å². The number of hydrogen-bond acceptors (Lipinski definition) is 2. The quantitative estimate of drug-likeness (QED) is 0.842.